The maximum Gasteiger partial charge on any atom is 0.407 e. The highest BCUT2D eigenvalue weighted by molar-refractivity contribution is 14.2. The first-order valence-electron chi connectivity index (χ1n) is 10.5. The summed E-state index contributed by atoms with van der Waals surface area (Å²) in [5.74, 6) is 0.997. The molecule has 166 valence electrons. The molecular formula is C21H32IN5O2S. The summed E-state index contributed by atoms with van der Waals surface area (Å²) in [4.78, 5) is 23.2. The maximum absolute atomic E-state index is 11.9. The van der Waals surface area contributed by atoms with Gasteiger partial charge in [-0.2, -0.15) is 0 Å². The number of carbonyl (C=O) groups is 1. The number of fused-ring (bicyclic) bond motifs is 1. The smallest absolute Gasteiger partial charge is 0.407 e. The summed E-state index contributed by atoms with van der Waals surface area (Å²) in [5.41, 5.74) is 0.873. The molecule has 1 amide bonds. The summed E-state index contributed by atoms with van der Waals surface area (Å²) in [6.07, 6.45) is 7.74. The monoisotopic (exact) mass is 545 g/mol. The van der Waals surface area contributed by atoms with Gasteiger partial charge in [-0.15, -0.1) is 0 Å². The van der Waals surface area contributed by atoms with Crippen LogP contribution in [-0.2, 0) is 4.74 Å². The third kappa shape index (κ3) is 4.81. The van der Waals surface area contributed by atoms with Gasteiger partial charge in [-0.25, -0.2) is 14.8 Å². The quantitative estimate of drug-likeness (QED) is 0.507. The summed E-state index contributed by atoms with van der Waals surface area (Å²) in [6, 6.07) is 2.81. The fraction of sp³-hybridized carbons (Fsp3) is 0.667. The number of carbonyl (C=O) groups excluding carboxylic acids is 1. The van der Waals surface area contributed by atoms with Crippen molar-refractivity contribution >= 4 is 53.3 Å². The molecule has 2 fully saturated rings. The normalized spacial score (nSPS) is 25.0. The van der Waals surface area contributed by atoms with Gasteiger partial charge in [0.05, 0.1) is 5.39 Å². The predicted molar refractivity (Wildman–Crippen MR) is 132 cm³/mol. The van der Waals surface area contributed by atoms with Crippen LogP contribution >= 0.6 is 30.3 Å². The lowest BCUT2D eigenvalue weighted by Gasteiger charge is -2.59. The minimum absolute atomic E-state index is 0.238. The van der Waals surface area contributed by atoms with Crippen molar-refractivity contribution in [2.75, 3.05) is 11.9 Å². The highest BCUT2D eigenvalue weighted by atomic mass is 127. The van der Waals surface area contributed by atoms with Crippen molar-refractivity contribution in [3.8, 4) is 0 Å². The second-order valence-electron chi connectivity index (χ2n) is 9.07. The highest BCUT2D eigenvalue weighted by Crippen LogP contribution is 2.57. The minimum Gasteiger partial charge on any atom is -0.444 e. The van der Waals surface area contributed by atoms with Crippen molar-refractivity contribution < 1.29 is 9.53 Å². The van der Waals surface area contributed by atoms with Crippen LogP contribution < -0.4 is 10.2 Å². The molecule has 2 aliphatic rings. The van der Waals surface area contributed by atoms with E-state index >= 15 is 0 Å². The number of anilines is 1. The van der Waals surface area contributed by atoms with E-state index in [2.05, 4.69) is 58.5 Å². The molecule has 0 atom stereocenters. The van der Waals surface area contributed by atoms with Gasteiger partial charge in [-0.1, -0.05) is 13.8 Å². The van der Waals surface area contributed by atoms with Crippen LogP contribution in [0.3, 0.4) is 0 Å². The van der Waals surface area contributed by atoms with Gasteiger partial charge in [0.25, 0.3) is 0 Å². The molecule has 1 spiro atoms. The number of rotatable bonds is 4. The topological polar surface area (TPSA) is 72.3 Å². The van der Waals surface area contributed by atoms with Crippen molar-refractivity contribution in [3.05, 3.63) is 18.6 Å². The van der Waals surface area contributed by atoms with Crippen LogP contribution in [0.4, 0.5) is 10.6 Å². The number of nitrogens with one attached hydrogen (secondary N) is 1. The molecule has 0 saturated heterocycles. The molecule has 2 aromatic heterocycles. The molecule has 2 saturated carbocycles. The predicted octanol–water partition coefficient (Wildman–Crippen LogP) is 5.58. The number of alkyl carbamates (subject to hydrolysis) is 1. The van der Waals surface area contributed by atoms with Gasteiger partial charge in [0.15, 0.2) is 5.65 Å². The summed E-state index contributed by atoms with van der Waals surface area (Å²) in [6.45, 7) is 9.66. The summed E-state index contributed by atoms with van der Waals surface area (Å²) < 4.78 is 7.41. The summed E-state index contributed by atoms with van der Waals surface area (Å²) in [7, 11) is 3.74. The summed E-state index contributed by atoms with van der Waals surface area (Å²) in [5, 5.41) is 4.10. The van der Waals surface area contributed by atoms with Gasteiger partial charge in [0, 0.05) is 55.7 Å². The number of aromatic nitrogens is 3. The van der Waals surface area contributed by atoms with Crippen LogP contribution in [0.1, 0.15) is 60.3 Å². The van der Waals surface area contributed by atoms with Gasteiger partial charge in [-0.3, -0.25) is 3.97 Å². The van der Waals surface area contributed by atoms with Crippen molar-refractivity contribution in [1.29, 1.82) is 0 Å². The van der Waals surface area contributed by atoms with Crippen molar-refractivity contribution in [2.45, 2.75) is 78.0 Å². The number of hydrogen-bond acceptors (Lipinski definition) is 6. The van der Waals surface area contributed by atoms with Crippen LogP contribution in [0.25, 0.3) is 11.0 Å². The Morgan fingerprint density at radius 1 is 1.30 bits per heavy atom. The van der Waals surface area contributed by atoms with Gasteiger partial charge in [-0.05, 0) is 57.9 Å². The van der Waals surface area contributed by atoms with E-state index in [-0.39, 0.29) is 12.1 Å². The molecule has 0 aromatic carbocycles. The molecule has 2 aliphatic carbocycles. The number of amides is 1. The lowest BCUT2D eigenvalue weighted by Crippen LogP contribution is -2.61. The van der Waals surface area contributed by atoms with E-state index < -0.39 is 5.60 Å². The molecule has 4 rings (SSSR count). The Morgan fingerprint density at radius 2 is 1.97 bits per heavy atom. The Balaban J connectivity index is 0.00000124. The Hall–Kier alpha value is -1.23. The van der Waals surface area contributed by atoms with Crippen LogP contribution in [0, 0.1) is 5.41 Å². The number of halogens is 1. The average molecular weight is 545 g/mol. The van der Waals surface area contributed by atoms with E-state index in [9.17, 15) is 4.79 Å². The van der Waals surface area contributed by atoms with Crippen LogP contribution in [0.15, 0.2) is 18.6 Å². The lowest BCUT2D eigenvalue weighted by atomic mass is 9.52. The maximum atomic E-state index is 11.9. The largest absolute Gasteiger partial charge is 0.444 e. The molecule has 2 heterocycles. The van der Waals surface area contributed by atoms with Crippen molar-refractivity contribution in [2.24, 2.45) is 5.41 Å². The molecular weight excluding hydrogens is 513 g/mol. The number of ether oxygens (including phenoxy) is 1. The van der Waals surface area contributed by atoms with E-state index in [1.165, 1.54) is 0 Å². The molecule has 9 heteroatoms. The number of nitrogens with zero attached hydrogens (tertiary/aromatic N) is 4. The highest BCUT2D eigenvalue weighted by Gasteiger charge is 2.54. The molecule has 0 radical (unpaired) electrons. The van der Waals surface area contributed by atoms with E-state index in [1.54, 1.807) is 15.4 Å². The Bertz CT molecular complexity index is 883. The van der Waals surface area contributed by atoms with Gasteiger partial charge >= 0.3 is 6.09 Å². The van der Waals surface area contributed by atoms with Crippen LogP contribution in [-0.4, -0.2) is 44.8 Å². The Morgan fingerprint density at radius 3 is 2.57 bits per heavy atom. The first-order chi connectivity index (χ1) is 14.2. The molecule has 0 unspecified atom stereocenters. The standard InChI is InChI=1S/C19H26IN5O2S.C2H6/c1-18(2,3)27-17(26)23-12-7-19(8-12)9-13(10-19)24(4)15-14-5-6-25(28-20)16(14)22-11-21-15;1-2/h5-6,11-13H,7-10H2,1-4H3,(H,23,26);1-2H3. The molecule has 1 N–H and O–H groups in total. The van der Waals surface area contributed by atoms with Gasteiger partial charge in [0.2, 0.25) is 0 Å². The SMILES string of the molecule is CC.CN(c1ncnc2c1ccn2SI)C1CC2(CC(NC(=O)OC(C)(C)C)C2)C1. The minimum atomic E-state index is -0.451. The first kappa shape index (κ1) is 23.4. The van der Waals surface area contributed by atoms with Gasteiger partial charge in [0.1, 0.15) is 17.7 Å². The molecule has 7 nitrogen and oxygen atoms in total. The molecule has 0 bridgehead atoms. The third-order valence-corrected chi connectivity index (χ3v) is 7.52. The number of hydrogen-bond donors (Lipinski definition) is 1. The second-order valence-corrected chi connectivity index (χ2v) is 10.8. The fourth-order valence-electron chi connectivity index (χ4n) is 4.53. The fourth-order valence-corrected chi connectivity index (χ4v) is 5.80. The third-order valence-electron chi connectivity index (χ3n) is 5.80. The Labute approximate surface area is 195 Å². The molecule has 0 aliphatic heterocycles. The zero-order valence-electron chi connectivity index (χ0n) is 18.6. The lowest BCUT2D eigenvalue weighted by molar-refractivity contribution is -0.0240. The van der Waals surface area contributed by atoms with Crippen LogP contribution in [0.5, 0.6) is 0 Å². The second kappa shape index (κ2) is 9.10. The van der Waals surface area contributed by atoms with E-state index in [4.69, 9.17) is 4.74 Å². The van der Waals surface area contributed by atoms with Gasteiger partial charge < -0.3 is 15.0 Å². The molecule has 30 heavy (non-hydrogen) atoms. The first-order valence-corrected chi connectivity index (χ1v) is 13.8. The average Bonchev–Trinajstić information content (AvgIpc) is 3.05. The Kier molecular flexibility index (Phi) is 7.11. The summed E-state index contributed by atoms with van der Waals surface area (Å²) >= 11 is 2.26. The van der Waals surface area contributed by atoms with Crippen molar-refractivity contribution in [3.63, 3.8) is 0 Å². The zero-order valence-corrected chi connectivity index (χ0v) is 21.6. The van der Waals surface area contributed by atoms with Crippen LogP contribution in [0.2, 0.25) is 0 Å². The molecule has 2 aromatic rings. The zero-order chi connectivity index (χ0) is 22.1. The van der Waals surface area contributed by atoms with E-state index in [0.29, 0.717) is 11.5 Å². The van der Waals surface area contributed by atoms with E-state index in [1.807, 2.05) is 40.8 Å². The van der Waals surface area contributed by atoms with E-state index in [0.717, 1.165) is 42.5 Å². The van der Waals surface area contributed by atoms with Crippen molar-refractivity contribution in [1.82, 2.24) is 19.3 Å².